The minimum absolute atomic E-state index is 0.550. The van der Waals surface area contributed by atoms with E-state index >= 15 is 0 Å². The molecule has 0 bridgehead atoms. The summed E-state index contributed by atoms with van der Waals surface area (Å²) in [5.41, 5.74) is -3.31. The Hall–Kier alpha value is -1.76. The highest BCUT2D eigenvalue weighted by Gasteiger charge is 2.29. The van der Waals surface area contributed by atoms with Gasteiger partial charge in [0.2, 0.25) is 5.82 Å². The van der Waals surface area contributed by atoms with Crippen LogP contribution in [-0.4, -0.2) is 0 Å². The van der Waals surface area contributed by atoms with Crippen LogP contribution in [0.5, 0.6) is 0 Å². The lowest BCUT2D eigenvalue weighted by atomic mass is 9.98. The zero-order chi connectivity index (χ0) is 15.9. The van der Waals surface area contributed by atoms with Crippen molar-refractivity contribution in [1.29, 1.82) is 0 Å². The second-order valence-corrected chi connectivity index (χ2v) is 4.35. The average Bonchev–Trinajstić information content (AvgIpc) is 2.43. The molecule has 0 saturated carbocycles. The van der Waals surface area contributed by atoms with E-state index in [4.69, 9.17) is 11.6 Å². The second kappa shape index (κ2) is 5.55. The lowest BCUT2D eigenvalue weighted by Gasteiger charge is -2.13. The molecule has 0 nitrogen and oxygen atoms in total. The Morgan fingerprint density at radius 3 is 1.71 bits per heavy atom. The summed E-state index contributed by atoms with van der Waals surface area (Å²) < 4.78 is 92.4. The molecule has 0 N–H and O–H groups in total. The fourth-order valence-corrected chi connectivity index (χ4v) is 2.08. The third-order valence-corrected chi connectivity index (χ3v) is 3.08. The van der Waals surface area contributed by atoms with Gasteiger partial charge in [0.15, 0.2) is 23.3 Å². The fraction of sp³-hybridized carbons (Fsp3) is 0.0769. The molecule has 0 aliphatic rings. The number of hydrogen-bond acceptors (Lipinski definition) is 0. The zero-order valence-corrected chi connectivity index (χ0v) is 10.6. The van der Waals surface area contributed by atoms with E-state index in [9.17, 15) is 30.7 Å². The molecule has 8 heteroatoms. The smallest absolute Gasteiger partial charge is 0.205 e. The van der Waals surface area contributed by atoms with Gasteiger partial charge < -0.3 is 0 Å². The Morgan fingerprint density at radius 1 is 0.762 bits per heavy atom. The van der Waals surface area contributed by atoms with Gasteiger partial charge >= 0.3 is 0 Å². The van der Waals surface area contributed by atoms with Crippen LogP contribution in [0.1, 0.15) is 12.0 Å². The summed E-state index contributed by atoms with van der Waals surface area (Å²) in [5, 5.41) is -0.550. The SMILES string of the molecule is Fc1c(F)c(F)c(-c2cccc(Cl)c2C(F)F)c(F)c1F. The highest BCUT2D eigenvalue weighted by Crippen LogP contribution is 2.40. The maximum absolute atomic E-state index is 13.7. The van der Waals surface area contributed by atoms with E-state index in [1.54, 1.807) is 0 Å². The summed E-state index contributed by atoms with van der Waals surface area (Å²) >= 11 is 5.50. The van der Waals surface area contributed by atoms with E-state index in [1.165, 1.54) is 0 Å². The monoisotopic (exact) mass is 328 g/mol. The molecule has 0 saturated heterocycles. The largest absolute Gasteiger partial charge is 0.265 e. The van der Waals surface area contributed by atoms with Gasteiger partial charge in [-0.15, -0.1) is 0 Å². The predicted octanol–water partition coefficient (Wildman–Crippen LogP) is 5.64. The molecular formula is C13H4ClF7. The van der Waals surface area contributed by atoms with E-state index < -0.39 is 57.2 Å². The Bertz CT molecular complexity index is 683. The van der Waals surface area contributed by atoms with E-state index in [2.05, 4.69) is 0 Å². The van der Waals surface area contributed by atoms with Crippen LogP contribution in [0.3, 0.4) is 0 Å². The molecule has 0 heterocycles. The van der Waals surface area contributed by atoms with Crippen molar-refractivity contribution in [2.24, 2.45) is 0 Å². The molecule has 0 radical (unpaired) electrons. The minimum atomic E-state index is -3.26. The highest BCUT2D eigenvalue weighted by atomic mass is 35.5. The lowest BCUT2D eigenvalue weighted by molar-refractivity contribution is 0.152. The minimum Gasteiger partial charge on any atom is -0.205 e. The predicted molar refractivity (Wildman–Crippen MR) is 61.6 cm³/mol. The molecule has 2 rings (SSSR count). The number of alkyl halides is 2. The van der Waals surface area contributed by atoms with Crippen molar-refractivity contribution in [3.8, 4) is 11.1 Å². The van der Waals surface area contributed by atoms with Crippen molar-refractivity contribution in [2.75, 3.05) is 0 Å². The maximum Gasteiger partial charge on any atom is 0.265 e. The van der Waals surface area contributed by atoms with Crippen LogP contribution in [0.4, 0.5) is 30.7 Å². The highest BCUT2D eigenvalue weighted by molar-refractivity contribution is 6.31. The van der Waals surface area contributed by atoms with Crippen LogP contribution in [-0.2, 0) is 0 Å². The summed E-state index contributed by atoms with van der Waals surface area (Å²) in [5.74, 6) is -11.2. The van der Waals surface area contributed by atoms with Crippen LogP contribution < -0.4 is 0 Å². The van der Waals surface area contributed by atoms with E-state index in [-0.39, 0.29) is 0 Å². The molecule has 0 fully saturated rings. The normalized spacial score (nSPS) is 11.3. The summed E-state index contributed by atoms with van der Waals surface area (Å²) in [4.78, 5) is 0. The first-order valence-corrected chi connectivity index (χ1v) is 5.73. The Morgan fingerprint density at radius 2 is 1.24 bits per heavy atom. The van der Waals surface area contributed by atoms with Gasteiger partial charge in [-0.25, -0.2) is 30.7 Å². The van der Waals surface area contributed by atoms with Crippen molar-refractivity contribution < 1.29 is 30.7 Å². The van der Waals surface area contributed by atoms with Gasteiger partial charge in [0.25, 0.3) is 6.43 Å². The van der Waals surface area contributed by atoms with Crippen molar-refractivity contribution in [2.45, 2.75) is 6.43 Å². The van der Waals surface area contributed by atoms with Crippen LogP contribution >= 0.6 is 11.6 Å². The molecule has 0 unspecified atom stereocenters. The molecule has 2 aromatic carbocycles. The average molecular weight is 329 g/mol. The number of hydrogen-bond donors (Lipinski definition) is 0. The molecular weight excluding hydrogens is 325 g/mol. The summed E-state index contributed by atoms with van der Waals surface area (Å²) in [6, 6.07) is 2.87. The van der Waals surface area contributed by atoms with Crippen LogP contribution in [0, 0.1) is 29.1 Å². The first-order valence-electron chi connectivity index (χ1n) is 5.35. The van der Waals surface area contributed by atoms with Crippen molar-refractivity contribution >= 4 is 11.6 Å². The number of halogens is 8. The molecule has 0 aliphatic heterocycles. The van der Waals surface area contributed by atoms with Gasteiger partial charge in [-0.05, 0) is 11.6 Å². The van der Waals surface area contributed by atoms with Gasteiger partial charge in [0.1, 0.15) is 0 Å². The topological polar surface area (TPSA) is 0 Å². The lowest BCUT2D eigenvalue weighted by Crippen LogP contribution is -2.05. The fourth-order valence-electron chi connectivity index (χ4n) is 1.82. The molecule has 21 heavy (non-hydrogen) atoms. The van der Waals surface area contributed by atoms with E-state index in [0.29, 0.717) is 0 Å². The maximum atomic E-state index is 13.7. The second-order valence-electron chi connectivity index (χ2n) is 3.95. The molecule has 112 valence electrons. The number of benzene rings is 2. The standard InChI is InChI=1S/C13H4ClF7/c14-5-3-1-2-4(6(5)13(20)21)7-8(15)10(17)12(19)11(18)9(7)16/h1-3,13H. The van der Waals surface area contributed by atoms with Crippen molar-refractivity contribution in [3.05, 3.63) is 57.9 Å². The van der Waals surface area contributed by atoms with E-state index in [0.717, 1.165) is 18.2 Å². The molecule has 0 aliphatic carbocycles. The summed E-state index contributed by atoms with van der Waals surface area (Å²) in [6.07, 6.45) is -3.26. The molecule has 0 aromatic heterocycles. The van der Waals surface area contributed by atoms with Crippen LogP contribution in [0.15, 0.2) is 18.2 Å². The van der Waals surface area contributed by atoms with E-state index in [1.807, 2.05) is 0 Å². The van der Waals surface area contributed by atoms with Gasteiger partial charge in [-0.1, -0.05) is 23.7 Å². The Kier molecular flexibility index (Phi) is 4.13. The van der Waals surface area contributed by atoms with Crippen LogP contribution in [0.25, 0.3) is 11.1 Å². The molecule has 0 amide bonds. The van der Waals surface area contributed by atoms with Gasteiger partial charge in [-0.2, -0.15) is 0 Å². The zero-order valence-electron chi connectivity index (χ0n) is 9.83. The van der Waals surface area contributed by atoms with Gasteiger partial charge in [0, 0.05) is 5.56 Å². The Balaban J connectivity index is 2.90. The quantitative estimate of drug-likeness (QED) is 0.380. The first-order chi connectivity index (χ1) is 9.77. The molecule has 0 atom stereocenters. The van der Waals surface area contributed by atoms with Gasteiger partial charge in [0.05, 0.1) is 10.6 Å². The summed E-state index contributed by atoms with van der Waals surface area (Å²) in [6.45, 7) is 0. The Labute approximate surface area is 118 Å². The third-order valence-electron chi connectivity index (χ3n) is 2.75. The van der Waals surface area contributed by atoms with Crippen molar-refractivity contribution in [3.63, 3.8) is 0 Å². The summed E-state index contributed by atoms with van der Waals surface area (Å²) in [7, 11) is 0. The first kappa shape index (κ1) is 15.6. The van der Waals surface area contributed by atoms with Crippen molar-refractivity contribution in [1.82, 2.24) is 0 Å². The van der Waals surface area contributed by atoms with Gasteiger partial charge in [-0.3, -0.25) is 0 Å². The molecule has 0 spiro atoms. The van der Waals surface area contributed by atoms with Crippen LogP contribution in [0.2, 0.25) is 5.02 Å². The third kappa shape index (κ3) is 2.46. The number of rotatable bonds is 2. The molecule has 2 aromatic rings.